The second-order valence-electron chi connectivity index (χ2n) is 6.37. The summed E-state index contributed by atoms with van der Waals surface area (Å²) < 4.78 is 0. The fourth-order valence-electron chi connectivity index (χ4n) is 3.18. The predicted octanol–water partition coefficient (Wildman–Crippen LogP) is 4.49. The fraction of sp³-hybridized carbons (Fsp3) is 0.350. The maximum Gasteiger partial charge on any atom is 0.0992 e. The maximum atomic E-state index is 8.94. The van der Waals surface area contributed by atoms with Crippen LogP contribution in [0.15, 0.2) is 42.5 Å². The van der Waals surface area contributed by atoms with Crippen LogP contribution in [-0.4, -0.2) is 44.2 Å². The predicted molar refractivity (Wildman–Crippen MR) is 109 cm³/mol. The van der Waals surface area contributed by atoms with Crippen molar-refractivity contribution < 1.29 is 0 Å². The van der Waals surface area contributed by atoms with Crippen molar-refractivity contribution in [2.24, 2.45) is 0 Å². The van der Waals surface area contributed by atoms with Crippen molar-refractivity contribution >= 4 is 34.6 Å². The molecule has 1 heterocycles. The minimum absolute atomic E-state index is 0.609. The Hall–Kier alpha value is -1.93. The average molecular weight is 389 g/mol. The molecule has 1 aliphatic rings. The van der Waals surface area contributed by atoms with Crippen LogP contribution in [0.1, 0.15) is 12.0 Å². The summed E-state index contributed by atoms with van der Waals surface area (Å²) in [6.07, 6.45) is 1.06. The van der Waals surface area contributed by atoms with Crippen molar-refractivity contribution in [2.75, 3.05) is 49.5 Å². The molecule has 26 heavy (non-hydrogen) atoms. The summed E-state index contributed by atoms with van der Waals surface area (Å²) in [5, 5.41) is 13.6. The number of piperazine rings is 1. The van der Waals surface area contributed by atoms with Gasteiger partial charge in [0.1, 0.15) is 0 Å². The number of hydrogen-bond donors (Lipinski definition) is 1. The van der Waals surface area contributed by atoms with Gasteiger partial charge < -0.3 is 10.2 Å². The highest BCUT2D eigenvalue weighted by molar-refractivity contribution is 6.43. The average Bonchev–Trinajstić information content (AvgIpc) is 2.68. The molecule has 0 radical (unpaired) electrons. The van der Waals surface area contributed by atoms with Crippen LogP contribution in [0.25, 0.3) is 0 Å². The zero-order valence-electron chi connectivity index (χ0n) is 14.6. The number of benzene rings is 2. The van der Waals surface area contributed by atoms with Gasteiger partial charge >= 0.3 is 0 Å². The summed E-state index contributed by atoms with van der Waals surface area (Å²) in [6.45, 7) is 5.91. The number of halogens is 2. The van der Waals surface area contributed by atoms with Crippen LogP contribution in [0.2, 0.25) is 10.0 Å². The van der Waals surface area contributed by atoms with Crippen molar-refractivity contribution in [3.8, 4) is 6.07 Å². The SMILES string of the molecule is N#Cc1cccc(NCCCN2CCN(c3cccc(Cl)c3Cl)CC2)c1. The summed E-state index contributed by atoms with van der Waals surface area (Å²) in [4.78, 5) is 4.78. The highest BCUT2D eigenvalue weighted by Gasteiger charge is 2.19. The lowest BCUT2D eigenvalue weighted by Crippen LogP contribution is -2.47. The van der Waals surface area contributed by atoms with E-state index in [9.17, 15) is 0 Å². The topological polar surface area (TPSA) is 42.3 Å². The molecule has 3 rings (SSSR count). The highest BCUT2D eigenvalue weighted by Crippen LogP contribution is 2.32. The molecule has 0 amide bonds. The van der Waals surface area contributed by atoms with Crippen LogP contribution in [0.5, 0.6) is 0 Å². The van der Waals surface area contributed by atoms with Gasteiger partial charge in [-0.05, 0) is 43.3 Å². The van der Waals surface area contributed by atoms with Crippen LogP contribution in [0.3, 0.4) is 0 Å². The van der Waals surface area contributed by atoms with Crippen molar-refractivity contribution in [2.45, 2.75) is 6.42 Å². The first-order valence-corrected chi connectivity index (χ1v) is 9.58. The molecule has 0 aromatic heterocycles. The minimum Gasteiger partial charge on any atom is -0.385 e. The molecule has 1 fully saturated rings. The largest absolute Gasteiger partial charge is 0.385 e. The Morgan fingerprint density at radius 2 is 1.81 bits per heavy atom. The van der Waals surface area contributed by atoms with Crippen molar-refractivity contribution in [3.05, 3.63) is 58.1 Å². The zero-order valence-corrected chi connectivity index (χ0v) is 16.1. The van der Waals surface area contributed by atoms with E-state index in [0.29, 0.717) is 15.6 Å². The third-order valence-corrected chi connectivity index (χ3v) is 5.43. The normalized spacial score (nSPS) is 14.9. The standard InChI is InChI=1S/C20H22Cl2N4/c21-18-6-2-7-19(20(18)22)26-12-10-25(11-13-26)9-3-8-24-17-5-1-4-16(14-17)15-23/h1-2,4-7,14,24H,3,8-13H2. The van der Waals surface area contributed by atoms with Crippen molar-refractivity contribution in [1.29, 1.82) is 5.26 Å². The van der Waals surface area contributed by atoms with Gasteiger partial charge in [-0.2, -0.15) is 5.26 Å². The van der Waals surface area contributed by atoms with Crippen LogP contribution >= 0.6 is 23.2 Å². The quantitative estimate of drug-likeness (QED) is 0.740. The Bertz CT molecular complexity index is 780. The van der Waals surface area contributed by atoms with Gasteiger partial charge in [-0.3, -0.25) is 4.90 Å². The molecule has 4 nitrogen and oxygen atoms in total. The van der Waals surface area contributed by atoms with E-state index in [1.807, 2.05) is 42.5 Å². The van der Waals surface area contributed by atoms with E-state index in [1.165, 1.54) is 0 Å². The lowest BCUT2D eigenvalue weighted by Gasteiger charge is -2.36. The van der Waals surface area contributed by atoms with Gasteiger partial charge in [-0.25, -0.2) is 0 Å². The number of rotatable bonds is 6. The first-order valence-electron chi connectivity index (χ1n) is 8.83. The van der Waals surface area contributed by atoms with Crippen LogP contribution in [-0.2, 0) is 0 Å². The third-order valence-electron chi connectivity index (χ3n) is 4.62. The third kappa shape index (κ3) is 4.82. The molecule has 2 aromatic carbocycles. The molecular weight excluding hydrogens is 367 g/mol. The Labute approximate surface area is 164 Å². The molecule has 0 aliphatic carbocycles. The molecule has 6 heteroatoms. The number of nitrogens with one attached hydrogen (secondary N) is 1. The molecule has 0 bridgehead atoms. The van der Waals surface area contributed by atoms with E-state index < -0.39 is 0 Å². The molecule has 1 saturated heterocycles. The van der Waals surface area contributed by atoms with Gasteiger partial charge in [0.05, 0.1) is 27.4 Å². The Morgan fingerprint density at radius 3 is 2.58 bits per heavy atom. The molecule has 0 spiro atoms. The van der Waals surface area contributed by atoms with E-state index in [0.717, 1.165) is 57.1 Å². The lowest BCUT2D eigenvalue weighted by molar-refractivity contribution is 0.257. The first kappa shape index (κ1) is 18.8. The van der Waals surface area contributed by atoms with Gasteiger partial charge in [0, 0.05) is 38.4 Å². The summed E-state index contributed by atoms with van der Waals surface area (Å²) in [5.41, 5.74) is 2.72. The summed E-state index contributed by atoms with van der Waals surface area (Å²) in [6, 6.07) is 15.6. The lowest BCUT2D eigenvalue weighted by atomic mass is 10.2. The zero-order chi connectivity index (χ0) is 18.4. The number of anilines is 2. The molecule has 136 valence electrons. The molecular formula is C20H22Cl2N4. The summed E-state index contributed by atoms with van der Waals surface area (Å²) >= 11 is 12.5. The maximum absolute atomic E-state index is 8.94. The molecule has 0 atom stereocenters. The van der Waals surface area contributed by atoms with Crippen LogP contribution in [0, 0.1) is 11.3 Å². The molecule has 2 aromatic rings. The number of nitriles is 1. The molecule has 0 unspecified atom stereocenters. The minimum atomic E-state index is 0.609. The molecule has 0 saturated carbocycles. The Balaban J connectivity index is 1.40. The van der Waals surface area contributed by atoms with Gasteiger partial charge in [0.25, 0.3) is 0 Å². The van der Waals surface area contributed by atoms with Gasteiger partial charge in [0.2, 0.25) is 0 Å². The monoisotopic (exact) mass is 388 g/mol. The van der Waals surface area contributed by atoms with Crippen LogP contribution in [0.4, 0.5) is 11.4 Å². The van der Waals surface area contributed by atoms with Crippen molar-refractivity contribution in [1.82, 2.24) is 4.90 Å². The van der Waals surface area contributed by atoms with E-state index in [2.05, 4.69) is 21.2 Å². The first-order chi connectivity index (χ1) is 12.7. The fourth-order valence-corrected chi connectivity index (χ4v) is 3.60. The van der Waals surface area contributed by atoms with Gasteiger partial charge in [-0.1, -0.05) is 35.3 Å². The molecule has 1 aliphatic heterocycles. The van der Waals surface area contributed by atoms with E-state index in [4.69, 9.17) is 28.5 Å². The number of nitrogens with zero attached hydrogens (tertiary/aromatic N) is 3. The van der Waals surface area contributed by atoms with Gasteiger partial charge in [0.15, 0.2) is 0 Å². The van der Waals surface area contributed by atoms with E-state index in [1.54, 1.807) is 0 Å². The summed E-state index contributed by atoms with van der Waals surface area (Å²) in [5.74, 6) is 0. The number of hydrogen-bond acceptors (Lipinski definition) is 4. The summed E-state index contributed by atoms with van der Waals surface area (Å²) in [7, 11) is 0. The second-order valence-corrected chi connectivity index (χ2v) is 7.16. The Morgan fingerprint density at radius 1 is 1.04 bits per heavy atom. The highest BCUT2D eigenvalue weighted by atomic mass is 35.5. The van der Waals surface area contributed by atoms with E-state index >= 15 is 0 Å². The smallest absolute Gasteiger partial charge is 0.0992 e. The van der Waals surface area contributed by atoms with E-state index in [-0.39, 0.29) is 0 Å². The van der Waals surface area contributed by atoms with Crippen molar-refractivity contribution in [3.63, 3.8) is 0 Å². The molecule has 1 N–H and O–H groups in total. The van der Waals surface area contributed by atoms with Crippen LogP contribution < -0.4 is 10.2 Å². The van der Waals surface area contributed by atoms with Gasteiger partial charge in [-0.15, -0.1) is 0 Å². The second kappa shape index (κ2) is 9.14. The Kier molecular flexibility index (Phi) is 6.62.